The van der Waals surface area contributed by atoms with Crippen molar-refractivity contribution in [3.8, 4) is 11.3 Å². The van der Waals surface area contributed by atoms with Crippen molar-refractivity contribution in [1.29, 1.82) is 0 Å². The van der Waals surface area contributed by atoms with Crippen LogP contribution in [0.15, 0.2) is 99.6 Å². The van der Waals surface area contributed by atoms with Crippen LogP contribution in [0, 0.1) is 0 Å². The topological polar surface area (TPSA) is 92.8 Å². The fraction of sp³-hybridized carbons (Fsp3) is 0.120. The summed E-state index contributed by atoms with van der Waals surface area (Å²) in [5.74, 6) is 0. The van der Waals surface area contributed by atoms with Crippen molar-refractivity contribution in [2.45, 2.75) is 4.90 Å². The number of rotatable bonds is 7. The van der Waals surface area contributed by atoms with Crippen molar-refractivity contribution in [2.24, 2.45) is 16.4 Å². The molecule has 0 spiro atoms. The second-order valence-corrected chi connectivity index (χ2v) is 9.40. The van der Waals surface area contributed by atoms with Crippen LogP contribution in [-0.2, 0) is 17.1 Å². The van der Waals surface area contributed by atoms with Gasteiger partial charge in [0.2, 0.25) is 0 Å². The van der Waals surface area contributed by atoms with Crippen molar-refractivity contribution in [1.82, 2.24) is 19.7 Å². The van der Waals surface area contributed by atoms with Crippen molar-refractivity contribution >= 4 is 27.8 Å². The number of pyridine rings is 1. The number of hydrogen-bond donors (Lipinski definition) is 0. The van der Waals surface area contributed by atoms with Gasteiger partial charge in [0.15, 0.2) is 0 Å². The standard InChI is InChI=1S/C25H24N6O2S/c1-30(2)18-28-34(32,33)23-14-22(16-26-25(23)21-15-27-31(3)17-21)29-24(19-10-6-4-7-11-19)20-12-8-5-9-13-20/h4-18H,1-3H3/b28-18+. The predicted molar refractivity (Wildman–Crippen MR) is 134 cm³/mol. The largest absolute Gasteiger partial charge is 0.368 e. The number of aryl methyl sites for hydroxylation is 1. The molecule has 0 fully saturated rings. The minimum atomic E-state index is -4.05. The quantitative estimate of drug-likeness (QED) is 0.300. The molecule has 2 heterocycles. The van der Waals surface area contributed by atoms with Crippen LogP contribution in [0.1, 0.15) is 11.1 Å². The van der Waals surface area contributed by atoms with Crippen LogP contribution in [0.25, 0.3) is 11.3 Å². The van der Waals surface area contributed by atoms with Gasteiger partial charge in [-0.2, -0.15) is 13.5 Å². The molecule has 0 amide bonds. The van der Waals surface area contributed by atoms with Gasteiger partial charge in [-0.1, -0.05) is 60.7 Å². The Kier molecular flexibility index (Phi) is 6.65. The summed E-state index contributed by atoms with van der Waals surface area (Å²) in [6, 6.07) is 21.0. The Balaban J connectivity index is 1.91. The van der Waals surface area contributed by atoms with Gasteiger partial charge in [0.1, 0.15) is 11.2 Å². The lowest BCUT2D eigenvalue weighted by atomic mass is 10.0. The summed E-state index contributed by atoms with van der Waals surface area (Å²) in [4.78, 5) is 10.8. The molecule has 0 N–H and O–H groups in total. The zero-order valence-corrected chi connectivity index (χ0v) is 19.9. The smallest absolute Gasteiger partial charge is 0.285 e. The van der Waals surface area contributed by atoms with Crippen molar-refractivity contribution < 1.29 is 8.42 Å². The van der Waals surface area contributed by atoms with Crippen molar-refractivity contribution in [3.63, 3.8) is 0 Å². The molecule has 9 heteroatoms. The fourth-order valence-corrected chi connectivity index (χ4v) is 4.39. The molecule has 0 bridgehead atoms. The van der Waals surface area contributed by atoms with Crippen LogP contribution in [0.4, 0.5) is 5.69 Å². The average molecular weight is 473 g/mol. The summed E-state index contributed by atoms with van der Waals surface area (Å²) >= 11 is 0. The van der Waals surface area contributed by atoms with E-state index in [0.717, 1.165) is 11.1 Å². The molecule has 0 aliphatic rings. The molecule has 0 aliphatic carbocycles. The molecular formula is C25H24N6O2S. The number of benzene rings is 2. The van der Waals surface area contributed by atoms with Crippen LogP contribution in [0.5, 0.6) is 0 Å². The Bertz CT molecular complexity index is 1400. The lowest BCUT2D eigenvalue weighted by molar-refractivity contribution is 0.594. The van der Waals surface area contributed by atoms with Gasteiger partial charge in [0.05, 0.1) is 29.5 Å². The number of sulfonamides is 1. The molecule has 172 valence electrons. The van der Waals surface area contributed by atoms with E-state index < -0.39 is 10.0 Å². The van der Waals surface area contributed by atoms with Crippen LogP contribution >= 0.6 is 0 Å². The third kappa shape index (κ3) is 5.26. The first-order valence-corrected chi connectivity index (χ1v) is 11.9. The molecule has 0 radical (unpaired) electrons. The number of aromatic nitrogens is 3. The lowest BCUT2D eigenvalue weighted by Gasteiger charge is -2.10. The first kappa shape index (κ1) is 23.1. The normalized spacial score (nSPS) is 11.5. The summed E-state index contributed by atoms with van der Waals surface area (Å²) in [6.07, 6.45) is 6.08. The lowest BCUT2D eigenvalue weighted by Crippen LogP contribution is -2.11. The van der Waals surface area contributed by atoms with Gasteiger partial charge in [-0.3, -0.25) is 9.67 Å². The predicted octanol–water partition coefficient (Wildman–Crippen LogP) is 3.93. The molecule has 0 unspecified atom stereocenters. The van der Waals surface area contributed by atoms with Gasteiger partial charge >= 0.3 is 0 Å². The monoisotopic (exact) mass is 472 g/mol. The molecule has 2 aromatic carbocycles. The second-order valence-electron chi connectivity index (χ2n) is 7.79. The minimum Gasteiger partial charge on any atom is -0.368 e. The Labute approximate surface area is 199 Å². The molecule has 0 saturated heterocycles. The van der Waals surface area contributed by atoms with Crippen molar-refractivity contribution in [2.75, 3.05) is 14.1 Å². The average Bonchev–Trinajstić information content (AvgIpc) is 3.28. The van der Waals surface area contributed by atoms with E-state index >= 15 is 0 Å². The molecule has 34 heavy (non-hydrogen) atoms. The van der Waals surface area contributed by atoms with Gasteiger partial charge in [-0.05, 0) is 6.07 Å². The summed E-state index contributed by atoms with van der Waals surface area (Å²) < 4.78 is 31.8. The van der Waals surface area contributed by atoms with Gasteiger partial charge in [0.25, 0.3) is 10.0 Å². The number of nitrogens with zero attached hydrogens (tertiary/aromatic N) is 6. The van der Waals surface area contributed by atoms with E-state index in [2.05, 4.69) is 14.5 Å². The molecule has 0 atom stereocenters. The number of aliphatic imine (C=N–C) groups is 1. The van der Waals surface area contributed by atoms with Crippen LogP contribution < -0.4 is 0 Å². The fourth-order valence-electron chi connectivity index (χ4n) is 3.28. The molecule has 8 nitrogen and oxygen atoms in total. The Morgan fingerprint density at radius 2 is 1.59 bits per heavy atom. The highest BCUT2D eigenvalue weighted by atomic mass is 32.2. The van der Waals surface area contributed by atoms with E-state index in [9.17, 15) is 8.42 Å². The highest BCUT2D eigenvalue weighted by molar-refractivity contribution is 7.90. The van der Waals surface area contributed by atoms with E-state index in [1.165, 1.54) is 12.4 Å². The maximum atomic E-state index is 13.2. The maximum Gasteiger partial charge on any atom is 0.285 e. The van der Waals surface area contributed by atoms with E-state index in [4.69, 9.17) is 4.99 Å². The third-order valence-corrected chi connectivity index (χ3v) is 6.09. The van der Waals surface area contributed by atoms with E-state index in [-0.39, 0.29) is 10.6 Å². The molecular weight excluding hydrogens is 448 g/mol. The SMILES string of the molecule is CN(C)/C=N/S(=O)(=O)c1cc(N=C(c2ccccc2)c2ccccc2)cnc1-c1cnn(C)c1. The zero-order valence-electron chi connectivity index (χ0n) is 19.1. The first-order chi connectivity index (χ1) is 16.3. The zero-order chi connectivity index (χ0) is 24.1. The molecule has 0 saturated carbocycles. The molecule has 0 aliphatic heterocycles. The van der Waals surface area contributed by atoms with Gasteiger partial charge in [0, 0.05) is 44.0 Å². The maximum absolute atomic E-state index is 13.2. The highest BCUT2D eigenvalue weighted by Crippen LogP contribution is 2.30. The molecule has 4 rings (SSSR count). The van der Waals surface area contributed by atoms with Gasteiger partial charge in [-0.15, -0.1) is 4.40 Å². The van der Waals surface area contributed by atoms with Crippen LogP contribution in [0.3, 0.4) is 0 Å². The van der Waals surface area contributed by atoms with Crippen LogP contribution in [-0.4, -0.2) is 54.2 Å². The Hall–Kier alpha value is -4.11. The highest BCUT2D eigenvalue weighted by Gasteiger charge is 2.22. The van der Waals surface area contributed by atoms with E-state index in [1.807, 2.05) is 60.7 Å². The van der Waals surface area contributed by atoms with Gasteiger partial charge < -0.3 is 4.90 Å². The van der Waals surface area contributed by atoms with Crippen LogP contribution in [0.2, 0.25) is 0 Å². The third-order valence-electron chi connectivity index (χ3n) is 4.85. The Morgan fingerprint density at radius 3 is 2.12 bits per heavy atom. The summed E-state index contributed by atoms with van der Waals surface area (Å²) in [7, 11) is 1.10. The van der Waals surface area contributed by atoms with Gasteiger partial charge in [-0.25, -0.2) is 4.99 Å². The van der Waals surface area contributed by atoms with E-state index in [1.54, 1.807) is 49.3 Å². The molecule has 4 aromatic rings. The summed E-state index contributed by atoms with van der Waals surface area (Å²) in [5.41, 5.74) is 3.75. The summed E-state index contributed by atoms with van der Waals surface area (Å²) in [6.45, 7) is 0. The second kappa shape index (κ2) is 9.80. The molecule has 2 aromatic heterocycles. The number of hydrogen-bond acceptors (Lipinski definition) is 5. The minimum absolute atomic E-state index is 0.0414. The first-order valence-electron chi connectivity index (χ1n) is 10.5. The summed E-state index contributed by atoms with van der Waals surface area (Å²) in [5, 5.41) is 4.15. The van der Waals surface area contributed by atoms with E-state index in [0.29, 0.717) is 17.0 Å². The Morgan fingerprint density at radius 1 is 0.971 bits per heavy atom. The van der Waals surface area contributed by atoms with Crippen molar-refractivity contribution in [3.05, 3.63) is 96.4 Å².